The second kappa shape index (κ2) is 6.76. The normalized spacial score (nSPS) is 20.1. The van der Waals surface area contributed by atoms with Crippen LogP contribution in [0.3, 0.4) is 0 Å². The second-order valence-corrected chi connectivity index (χ2v) is 6.24. The zero-order valence-electron chi connectivity index (χ0n) is 13.7. The van der Waals surface area contributed by atoms with Crippen molar-refractivity contribution in [2.75, 3.05) is 11.4 Å². The molecule has 1 saturated heterocycles. The molecule has 0 radical (unpaired) electrons. The molecule has 0 aliphatic carbocycles. The molecule has 0 N–H and O–H groups in total. The minimum absolute atomic E-state index is 0.145. The summed E-state index contributed by atoms with van der Waals surface area (Å²) in [5, 5.41) is 11.4. The molecule has 0 aromatic heterocycles. The van der Waals surface area contributed by atoms with E-state index in [2.05, 4.69) is 23.7 Å². The van der Waals surface area contributed by atoms with Crippen molar-refractivity contribution in [1.82, 2.24) is 0 Å². The van der Waals surface area contributed by atoms with Crippen LogP contribution in [0.1, 0.15) is 31.7 Å². The third kappa shape index (κ3) is 3.26. The average Bonchev–Trinajstić information content (AvgIpc) is 2.61. The Labute approximate surface area is 142 Å². The number of nitrogens with zero attached hydrogens (tertiary/aromatic N) is 2. The first kappa shape index (κ1) is 16.1. The fourth-order valence-electron chi connectivity index (χ4n) is 3.21. The average molecular weight is 320 g/mol. The third-order valence-electron chi connectivity index (χ3n) is 4.51. The SMILES string of the molecule is CC1(C#Cc2ccccc2)CCCCN1c1ccccc1[N+](=O)[O-]. The van der Waals surface area contributed by atoms with Crippen LogP contribution >= 0.6 is 0 Å². The van der Waals surface area contributed by atoms with Crippen molar-refractivity contribution in [3.63, 3.8) is 0 Å². The Balaban J connectivity index is 2.00. The number of nitro groups is 1. The van der Waals surface area contributed by atoms with E-state index in [1.54, 1.807) is 12.1 Å². The van der Waals surface area contributed by atoms with Gasteiger partial charge in [-0.2, -0.15) is 0 Å². The minimum atomic E-state index is -0.403. The quantitative estimate of drug-likeness (QED) is 0.468. The van der Waals surface area contributed by atoms with Gasteiger partial charge in [-0.15, -0.1) is 0 Å². The van der Waals surface area contributed by atoms with Crippen molar-refractivity contribution in [2.24, 2.45) is 0 Å². The summed E-state index contributed by atoms with van der Waals surface area (Å²) >= 11 is 0. The van der Waals surface area contributed by atoms with E-state index in [1.807, 2.05) is 42.5 Å². The van der Waals surface area contributed by atoms with E-state index < -0.39 is 5.54 Å². The molecular formula is C20H20N2O2. The maximum atomic E-state index is 11.4. The number of benzene rings is 2. The van der Waals surface area contributed by atoms with Gasteiger partial charge in [0.15, 0.2) is 0 Å². The van der Waals surface area contributed by atoms with Gasteiger partial charge in [0.1, 0.15) is 5.69 Å². The van der Waals surface area contributed by atoms with E-state index >= 15 is 0 Å². The minimum Gasteiger partial charge on any atom is -0.350 e. The summed E-state index contributed by atoms with van der Waals surface area (Å²) in [6, 6.07) is 16.8. The fraction of sp³-hybridized carbons (Fsp3) is 0.300. The molecule has 0 bridgehead atoms. The summed E-state index contributed by atoms with van der Waals surface area (Å²) in [5.74, 6) is 6.62. The Morgan fingerprint density at radius 3 is 2.54 bits per heavy atom. The van der Waals surface area contributed by atoms with E-state index in [4.69, 9.17) is 0 Å². The van der Waals surface area contributed by atoms with Gasteiger partial charge in [-0.3, -0.25) is 10.1 Å². The number of hydrogen-bond acceptors (Lipinski definition) is 3. The zero-order valence-corrected chi connectivity index (χ0v) is 13.7. The van der Waals surface area contributed by atoms with Crippen LogP contribution in [0.5, 0.6) is 0 Å². The number of rotatable bonds is 2. The van der Waals surface area contributed by atoms with Crippen LogP contribution in [-0.2, 0) is 0 Å². The highest BCUT2D eigenvalue weighted by Crippen LogP contribution is 2.37. The molecule has 3 rings (SSSR count). The largest absolute Gasteiger partial charge is 0.350 e. The number of para-hydroxylation sites is 2. The van der Waals surface area contributed by atoms with Gasteiger partial charge in [0.25, 0.3) is 5.69 Å². The zero-order chi connectivity index (χ0) is 17.0. The predicted molar refractivity (Wildman–Crippen MR) is 96.0 cm³/mol. The van der Waals surface area contributed by atoms with Crippen molar-refractivity contribution in [3.8, 4) is 11.8 Å². The van der Waals surface area contributed by atoms with Gasteiger partial charge in [0.05, 0.1) is 10.5 Å². The summed E-state index contributed by atoms with van der Waals surface area (Å²) in [4.78, 5) is 13.2. The van der Waals surface area contributed by atoms with Crippen LogP contribution in [0.2, 0.25) is 0 Å². The van der Waals surface area contributed by atoms with Crippen molar-refractivity contribution in [2.45, 2.75) is 31.7 Å². The molecule has 4 nitrogen and oxygen atoms in total. The second-order valence-electron chi connectivity index (χ2n) is 6.24. The molecule has 2 aromatic rings. The monoisotopic (exact) mass is 320 g/mol. The van der Waals surface area contributed by atoms with Crippen molar-refractivity contribution in [1.29, 1.82) is 0 Å². The summed E-state index contributed by atoms with van der Waals surface area (Å²) in [7, 11) is 0. The van der Waals surface area contributed by atoms with Gasteiger partial charge in [-0.1, -0.05) is 42.2 Å². The topological polar surface area (TPSA) is 46.4 Å². The Morgan fingerprint density at radius 2 is 1.79 bits per heavy atom. The molecule has 0 spiro atoms. The predicted octanol–water partition coefficient (Wildman–Crippen LogP) is 4.40. The Morgan fingerprint density at radius 1 is 1.08 bits per heavy atom. The van der Waals surface area contributed by atoms with Crippen molar-refractivity contribution < 1.29 is 4.92 Å². The lowest BCUT2D eigenvalue weighted by molar-refractivity contribution is -0.384. The summed E-state index contributed by atoms with van der Waals surface area (Å²) in [6.07, 6.45) is 3.00. The molecule has 0 amide bonds. The lowest BCUT2D eigenvalue weighted by atomic mass is 9.88. The first-order valence-electron chi connectivity index (χ1n) is 8.19. The number of anilines is 1. The lowest BCUT2D eigenvalue weighted by Crippen LogP contribution is -2.49. The molecule has 0 saturated carbocycles. The molecule has 1 fully saturated rings. The number of hydrogen-bond donors (Lipinski definition) is 0. The molecule has 1 aliphatic heterocycles. The lowest BCUT2D eigenvalue weighted by Gasteiger charge is -2.42. The van der Waals surface area contributed by atoms with Gasteiger partial charge in [0.2, 0.25) is 0 Å². The first-order chi connectivity index (χ1) is 11.6. The van der Waals surface area contributed by atoms with Gasteiger partial charge in [-0.05, 0) is 44.4 Å². The van der Waals surface area contributed by atoms with E-state index in [0.717, 1.165) is 31.4 Å². The molecule has 1 heterocycles. The third-order valence-corrected chi connectivity index (χ3v) is 4.51. The molecule has 2 aromatic carbocycles. The summed E-state index contributed by atoms with van der Waals surface area (Å²) in [6.45, 7) is 2.86. The Bertz CT molecular complexity index is 792. The Kier molecular flexibility index (Phi) is 4.52. The van der Waals surface area contributed by atoms with Gasteiger partial charge >= 0.3 is 0 Å². The van der Waals surface area contributed by atoms with Gasteiger partial charge < -0.3 is 4.90 Å². The van der Waals surface area contributed by atoms with Crippen LogP contribution in [0.25, 0.3) is 0 Å². The first-order valence-corrected chi connectivity index (χ1v) is 8.19. The smallest absolute Gasteiger partial charge is 0.292 e. The van der Waals surface area contributed by atoms with Crippen LogP contribution in [0.15, 0.2) is 54.6 Å². The van der Waals surface area contributed by atoms with Crippen molar-refractivity contribution in [3.05, 3.63) is 70.3 Å². The van der Waals surface area contributed by atoms with Crippen LogP contribution in [-0.4, -0.2) is 17.0 Å². The van der Waals surface area contributed by atoms with E-state index in [-0.39, 0.29) is 10.6 Å². The molecular weight excluding hydrogens is 300 g/mol. The molecule has 24 heavy (non-hydrogen) atoms. The highest BCUT2D eigenvalue weighted by molar-refractivity contribution is 5.66. The van der Waals surface area contributed by atoms with E-state index in [1.165, 1.54) is 0 Å². The fourth-order valence-corrected chi connectivity index (χ4v) is 3.21. The standard InChI is InChI=1S/C20H20N2O2/c1-20(15-13-17-9-3-2-4-10-17)14-7-8-16-21(20)18-11-5-6-12-19(18)22(23)24/h2-6,9-12H,7-8,14,16H2,1H3. The Hall–Kier alpha value is -2.80. The van der Waals surface area contributed by atoms with Gasteiger partial charge in [0, 0.05) is 18.2 Å². The highest BCUT2D eigenvalue weighted by Gasteiger charge is 2.36. The molecule has 4 heteroatoms. The van der Waals surface area contributed by atoms with Crippen molar-refractivity contribution >= 4 is 11.4 Å². The molecule has 1 atom stereocenters. The van der Waals surface area contributed by atoms with Crippen LogP contribution in [0.4, 0.5) is 11.4 Å². The molecule has 1 unspecified atom stereocenters. The summed E-state index contributed by atoms with van der Waals surface area (Å²) in [5.41, 5.74) is 1.37. The molecule has 122 valence electrons. The number of piperidine rings is 1. The molecule has 1 aliphatic rings. The van der Waals surface area contributed by atoms with Crippen LogP contribution < -0.4 is 4.90 Å². The van der Waals surface area contributed by atoms with E-state index in [0.29, 0.717) is 5.69 Å². The summed E-state index contributed by atoms with van der Waals surface area (Å²) < 4.78 is 0. The van der Waals surface area contributed by atoms with E-state index in [9.17, 15) is 10.1 Å². The maximum Gasteiger partial charge on any atom is 0.292 e. The highest BCUT2D eigenvalue weighted by atomic mass is 16.6. The van der Waals surface area contributed by atoms with Crippen LogP contribution in [0, 0.1) is 22.0 Å². The van der Waals surface area contributed by atoms with Gasteiger partial charge in [-0.25, -0.2) is 0 Å². The maximum absolute atomic E-state index is 11.4. The number of nitro benzene ring substituents is 1.